The summed E-state index contributed by atoms with van der Waals surface area (Å²) in [4.78, 5) is 50.4. The number of ketones is 1. The Labute approximate surface area is 196 Å². The molecule has 186 valence electrons. The van der Waals surface area contributed by atoms with Crippen LogP contribution >= 0.6 is 0 Å². The van der Waals surface area contributed by atoms with Crippen molar-refractivity contribution in [1.82, 2.24) is 0 Å². The van der Waals surface area contributed by atoms with Crippen LogP contribution in [-0.4, -0.2) is 76.1 Å². The quantitative estimate of drug-likeness (QED) is 0.252. The van der Waals surface area contributed by atoms with E-state index in [2.05, 4.69) is 0 Å². The van der Waals surface area contributed by atoms with Crippen molar-refractivity contribution in [3.63, 3.8) is 0 Å². The topological polar surface area (TPSA) is 149 Å². The smallest absolute Gasteiger partial charge is 0.312 e. The van der Waals surface area contributed by atoms with E-state index in [1.54, 1.807) is 13.0 Å². The molecule has 2 N–H and O–H groups in total. The molecule has 2 fully saturated rings. The van der Waals surface area contributed by atoms with Gasteiger partial charge in [-0.2, -0.15) is 0 Å². The molecule has 4 aliphatic rings. The predicted octanol–water partition coefficient (Wildman–Crippen LogP) is 0.384. The largest absolute Gasteiger partial charge is 0.459 e. The van der Waals surface area contributed by atoms with Crippen LogP contribution < -0.4 is 0 Å². The summed E-state index contributed by atoms with van der Waals surface area (Å²) < 4.78 is 22.7. The molecular weight excluding hydrogens is 448 g/mol. The molecular formula is C24H30O10. The fraction of sp³-hybridized carbons (Fsp3) is 0.667. The van der Waals surface area contributed by atoms with E-state index in [0.29, 0.717) is 12.0 Å². The first-order valence-electron chi connectivity index (χ1n) is 11.3. The fourth-order valence-electron chi connectivity index (χ4n) is 6.01. The van der Waals surface area contributed by atoms with Crippen molar-refractivity contribution < 1.29 is 48.3 Å². The second-order valence-corrected chi connectivity index (χ2v) is 10.0. The Kier molecular flexibility index (Phi) is 5.78. The summed E-state index contributed by atoms with van der Waals surface area (Å²) in [5, 5.41) is 22.1. The molecule has 34 heavy (non-hydrogen) atoms. The number of hydrogen-bond donors (Lipinski definition) is 2. The van der Waals surface area contributed by atoms with Crippen molar-refractivity contribution in [2.75, 3.05) is 6.61 Å². The number of esters is 3. The average Bonchev–Trinajstić information content (AvgIpc) is 3.48. The van der Waals surface area contributed by atoms with Crippen molar-refractivity contribution >= 4 is 23.7 Å². The molecule has 10 nitrogen and oxygen atoms in total. The third-order valence-electron chi connectivity index (χ3n) is 7.75. The third kappa shape index (κ3) is 3.50. The summed E-state index contributed by atoms with van der Waals surface area (Å²) in [6, 6.07) is 0. The van der Waals surface area contributed by atoms with Crippen LogP contribution in [-0.2, 0) is 38.1 Å². The zero-order valence-corrected chi connectivity index (χ0v) is 19.8. The maximum Gasteiger partial charge on any atom is 0.312 e. The second kappa shape index (κ2) is 8.00. The van der Waals surface area contributed by atoms with Gasteiger partial charge >= 0.3 is 17.9 Å². The van der Waals surface area contributed by atoms with E-state index in [9.17, 15) is 29.4 Å². The lowest BCUT2D eigenvalue weighted by Gasteiger charge is -2.53. The Morgan fingerprint density at radius 3 is 2.47 bits per heavy atom. The van der Waals surface area contributed by atoms with Crippen LogP contribution in [0.5, 0.6) is 0 Å². The first-order valence-corrected chi connectivity index (χ1v) is 11.3. The highest BCUT2D eigenvalue weighted by Crippen LogP contribution is 2.58. The van der Waals surface area contributed by atoms with E-state index in [0.717, 1.165) is 13.8 Å². The number of carbonyl (C=O) groups is 4. The molecule has 9 atom stereocenters. The molecule has 0 spiro atoms. The van der Waals surface area contributed by atoms with E-state index in [4.69, 9.17) is 18.9 Å². The lowest BCUT2D eigenvalue weighted by molar-refractivity contribution is -0.221. The monoisotopic (exact) mass is 478 g/mol. The number of aliphatic hydroxyl groups is 2. The Morgan fingerprint density at radius 2 is 1.88 bits per heavy atom. The first kappa shape index (κ1) is 24.6. The van der Waals surface area contributed by atoms with E-state index in [1.807, 2.05) is 0 Å². The van der Waals surface area contributed by atoms with Gasteiger partial charge < -0.3 is 29.2 Å². The van der Waals surface area contributed by atoms with Gasteiger partial charge in [0, 0.05) is 19.3 Å². The van der Waals surface area contributed by atoms with Crippen molar-refractivity contribution in [3.05, 3.63) is 23.8 Å². The molecule has 0 saturated carbocycles. The van der Waals surface area contributed by atoms with Crippen LogP contribution in [0.25, 0.3) is 0 Å². The van der Waals surface area contributed by atoms with E-state index in [-0.39, 0.29) is 12.7 Å². The van der Waals surface area contributed by atoms with E-state index >= 15 is 0 Å². The number of aliphatic hydroxyl groups excluding tert-OH is 1. The SMILES string of the molecule is CC(=O)O[C@H]1[C@@H]2[C@](C)(C=CC(=O)[C@@]2(C)OC(C)=O)[C@@H]2O[C@H]2C/C(CO)=C\[C@H]2OC(=O)[C@H](C)[C@@]21O. The molecule has 10 heteroatoms. The second-order valence-electron chi connectivity index (χ2n) is 10.0. The highest BCUT2D eigenvalue weighted by Gasteiger charge is 2.72. The number of rotatable bonds is 3. The molecule has 4 rings (SSSR count). The summed E-state index contributed by atoms with van der Waals surface area (Å²) in [7, 11) is 0. The van der Waals surface area contributed by atoms with Crippen molar-refractivity contribution in [1.29, 1.82) is 0 Å². The molecule has 0 radical (unpaired) electrons. The third-order valence-corrected chi connectivity index (χ3v) is 7.75. The van der Waals surface area contributed by atoms with Gasteiger partial charge in [-0.1, -0.05) is 13.0 Å². The Bertz CT molecular complexity index is 1000. The maximum atomic E-state index is 13.2. The average molecular weight is 478 g/mol. The molecule has 0 unspecified atom stereocenters. The number of ether oxygens (including phenoxy) is 4. The molecule has 2 aliphatic heterocycles. The Morgan fingerprint density at radius 1 is 1.21 bits per heavy atom. The predicted molar refractivity (Wildman–Crippen MR) is 114 cm³/mol. The van der Waals surface area contributed by atoms with Crippen LogP contribution in [0.3, 0.4) is 0 Å². The van der Waals surface area contributed by atoms with Gasteiger partial charge in [0.2, 0.25) is 0 Å². The van der Waals surface area contributed by atoms with Crippen LogP contribution in [0.15, 0.2) is 23.8 Å². The number of hydrogen-bond acceptors (Lipinski definition) is 10. The minimum Gasteiger partial charge on any atom is -0.459 e. The summed E-state index contributed by atoms with van der Waals surface area (Å²) in [5.41, 5.74) is -4.56. The summed E-state index contributed by atoms with van der Waals surface area (Å²) in [6.07, 6.45) is 1.01. The van der Waals surface area contributed by atoms with Crippen molar-refractivity contribution in [2.45, 2.75) is 76.7 Å². The van der Waals surface area contributed by atoms with Crippen LogP contribution in [0, 0.1) is 17.3 Å². The molecule has 0 bridgehead atoms. The van der Waals surface area contributed by atoms with Crippen molar-refractivity contribution in [3.8, 4) is 0 Å². The molecule has 2 saturated heterocycles. The number of epoxide rings is 1. The highest BCUT2D eigenvalue weighted by atomic mass is 16.6. The minimum atomic E-state index is -2.14. The molecule has 0 aromatic carbocycles. The zero-order valence-electron chi connectivity index (χ0n) is 19.8. The number of carbonyl (C=O) groups excluding carboxylic acids is 4. The van der Waals surface area contributed by atoms with Gasteiger partial charge in [0.15, 0.2) is 23.1 Å². The van der Waals surface area contributed by atoms with Crippen LogP contribution in [0.4, 0.5) is 0 Å². The highest BCUT2D eigenvalue weighted by molar-refractivity contribution is 5.99. The van der Waals surface area contributed by atoms with Crippen molar-refractivity contribution in [2.24, 2.45) is 17.3 Å². The first-order chi connectivity index (χ1) is 15.8. The standard InChI is InChI=1S/C24H30O10/c1-11-21(29)33-17-9-14(10-25)8-15-19(32-15)22(4)7-6-16(28)23(5,34-13(3)27)18(22)20(24(11,17)30)31-12(2)26/h6-7,9,11,15,17-20,25,30H,8,10H2,1-5H3/b14-9+/t11-,15-,17+,18+,19+,20-,22-,23+,24+/m0/s1. The van der Waals surface area contributed by atoms with Gasteiger partial charge in [-0.25, -0.2) is 0 Å². The van der Waals surface area contributed by atoms with Gasteiger partial charge in [0.05, 0.1) is 30.7 Å². The lowest BCUT2D eigenvalue weighted by Crippen LogP contribution is -2.68. The van der Waals surface area contributed by atoms with Gasteiger partial charge in [-0.3, -0.25) is 19.2 Å². The van der Waals surface area contributed by atoms with E-state index < -0.39 is 70.5 Å². The molecule has 0 aromatic heterocycles. The molecule has 2 aliphatic carbocycles. The molecule has 0 amide bonds. The number of fused-ring (bicyclic) bond motifs is 4. The maximum absolute atomic E-state index is 13.2. The molecule has 0 aromatic rings. The van der Waals surface area contributed by atoms with Gasteiger partial charge in [0.1, 0.15) is 6.10 Å². The van der Waals surface area contributed by atoms with Gasteiger partial charge in [-0.05, 0) is 38.0 Å². The van der Waals surface area contributed by atoms with E-state index in [1.165, 1.54) is 26.0 Å². The summed E-state index contributed by atoms with van der Waals surface area (Å²) >= 11 is 0. The Balaban J connectivity index is 2.02. The summed E-state index contributed by atoms with van der Waals surface area (Å²) in [6.45, 7) is 6.57. The normalized spacial score (nSPS) is 46.7. The van der Waals surface area contributed by atoms with Crippen LogP contribution in [0.1, 0.15) is 41.0 Å². The lowest BCUT2D eigenvalue weighted by atomic mass is 9.55. The fourth-order valence-corrected chi connectivity index (χ4v) is 6.01. The molecule has 2 heterocycles. The van der Waals surface area contributed by atoms with Crippen LogP contribution in [0.2, 0.25) is 0 Å². The van der Waals surface area contributed by atoms with Gasteiger partial charge in [0.25, 0.3) is 0 Å². The minimum absolute atomic E-state index is 0.298. The summed E-state index contributed by atoms with van der Waals surface area (Å²) in [5.74, 6) is -5.09. The zero-order chi connectivity index (χ0) is 25.2. The van der Waals surface area contributed by atoms with Gasteiger partial charge in [-0.15, -0.1) is 0 Å². The Hall–Kier alpha value is -2.56.